The lowest BCUT2D eigenvalue weighted by Gasteiger charge is -2.13. The van der Waals surface area contributed by atoms with Crippen molar-refractivity contribution in [3.63, 3.8) is 0 Å². The Labute approximate surface area is 140 Å². The van der Waals surface area contributed by atoms with Crippen LogP contribution in [0, 0.1) is 12.7 Å². The number of nitrogens with zero attached hydrogens (tertiary/aromatic N) is 1. The number of sulfonamides is 1. The summed E-state index contributed by atoms with van der Waals surface area (Å²) in [4.78, 5) is 12.3. The Morgan fingerprint density at radius 3 is 2.33 bits per heavy atom. The van der Waals surface area contributed by atoms with Crippen molar-refractivity contribution >= 4 is 16.0 Å². The van der Waals surface area contributed by atoms with Crippen molar-refractivity contribution in [1.82, 2.24) is 4.31 Å². The third kappa shape index (κ3) is 3.98. The van der Waals surface area contributed by atoms with Gasteiger partial charge >= 0.3 is 5.97 Å². The zero-order chi connectivity index (χ0) is 17.9. The zero-order valence-corrected chi connectivity index (χ0v) is 14.4. The second-order valence-corrected chi connectivity index (χ2v) is 7.62. The fourth-order valence-corrected chi connectivity index (χ4v) is 2.93. The van der Waals surface area contributed by atoms with Crippen LogP contribution in [0.3, 0.4) is 0 Å². The quantitative estimate of drug-likeness (QED) is 0.777. The molecule has 0 aromatic heterocycles. The Morgan fingerprint density at radius 1 is 1.12 bits per heavy atom. The van der Waals surface area contributed by atoms with Gasteiger partial charge in [-0.3, -0.25) is 0 Å². The highest BCUT2D eigenvalue weighted by Gasteiger charge is 2.20. The molecule has 0 fully saturated rings. The predicted molar refractivity (Wildman–Crippen MR) is 87.6 cm³/mol. The Hall–Kier alpha value is -2.25. The van der Waals surface area contributed by atoms with Crippen LogP contribution in [0.2, 0.25) is 0 Å². The maximum atomic E-state index is 12.9. The normalized spacial score (nSPS) is 11.5. The van der Waals surface area contributed by atoms with Crippen LogP contribution in [-0.4, -0.2) is 32.8 Å². The SMILES string of the molecule is Cc1ccc(S(=O)(=O)N(C)C)cc1C(=O)OCc1ccc(F)cc1. The van der Waals surface area contributed by atoms with Gasteiger partial charge in [0.25, 0.3) is 0 Å². The molecule has 0 bridgehead atoms. The van der Waals surface area contributed by atoms with Crippen molar-refractivity contribution < 1.29 is 22.3 Å². The van der Waals surface area contributed by atoms with Crippen molar-refractivity contribution in [3.05, 3.63) is 65.0 Å². The number of hydrogen-bond donors (Lipinski definition) is 0. The molecule has 0 saturated carbocycles. The molecule has 0 radical (unpaired) electrons. The smallest absolute Gasteiger partial charge is 0.338 e. The Morgan fingerprint density at radius 2 is 1.75 bits per heavy atom. The third-order valence-electron chi connectivity index (χ3n) is 3.49. The standard InChI is InChI=1S/C17H18FNO4S/c1-12-4-9-15(24(21,22)19(2)3)10-16(12)17(20)23-11-13-5-7-14(18)8-6-13/h4-10H,11H2,1-3H3. The summed E-state index contributed by atoms with van der Waals surface area (Å²) in [7, 11) is -0.801. The minimum Gasteiger partial charge on any atom is -0.457 e. The van der Waals surface area contributed by atoms with Crippen molar-refractivity contribution in [2.75, 3.05) is 14.1 Å². The van der Waals surface area contributed by atoms with Gasteiger partial charge < -0.3 is 4.74 Å². The number of benzene rings is 2. The molecule has 5 nitrogen and oxygen atoms in total. The first-order chi connectivity index (χ1) is 11.2. The Kier molecular flexibility index (Phi) is 5.36. The average Bonchev–Trinajstić information content (AvgIpc) is 2.54. The van der Waals surface area contributed by atoms with Gasteiger partial charge in [-0.15, -0.1) is 0 Å². The number of carbonyl (C=O) groups is 1. The Bertz CT molecular complexity index is 845. The molecular weight excluding hydrogens is 333 g/mol. The van der Waals surface area contributed by atoms with Crippen LogP contribution >= 0.6 is 0 Å². The van der Waals surface area contributed by atoms with E-state index < -0.39 is 16.0 Å². The van der Waals surface area contributed by atoms with Gasteiger partial charge in [0.05, 0.1) is 10.5 Å². The number of hydrogen-bond acceptors (Lipinski definition) is 4. The first kappa shape index (κ1) is 18.1. The molecule has 24 heavy (non-hydrogen) atoms. The molecule has 0 N–H and O–H groups in total. The number of halogens is 1. The molecule has 128 valence electrons. The van der Waals surface area contributed by atoms with Gasteiger partial charge in [0, 0.05) is 14.1 Å². The topological polar surface area (TPSA) is 63.7 Å². The fourth-order valence-electron chi connectivity index (χ4n) is 2.00. The number of rotatable bonds is 5. The molecule has 0 aliphatic carbocycles. The van der Waals surface area contributed by atoms with E-state index in [1.54, 1.807) is 13.0 Å². The average molecular weight is 351 g/mol. The highest BCUT2D eigenvalue weighted by molar-refractivity contribution is 7.89. The summed E-state index contributed by atoms with van der Waals surface area (Å²) in [5, 5.41) is 0. The summed E-state index contributed by atoms with van der Waals surface area (Å²) >= 11 is 0. The molecule has 0 atom stereocenters. The molecule has 2 aromatic carbocycles. The lowest BCUT2D eigenvalue weighted by Crippen LogP contribution is -2.22. The highest BCUT2D eigenvalue weighted by Crippen LogP contribution is 2.19. The van der Waals surface area contributed by atoms with Gasteiger partial charge in [-0.25, -0.2) is 21.9 Å². The molecule has 2 rings (SSSR count). The van der Waals surface area contributed by atoms with E-state index >= 15 is 0 Å². The van der Waals surface area contributed by atoms with E-state index in [0.717, 1.165) is 4.31 Å². The van der Waals surface area contributed by atoms with Gasteiger partial charge in [0.2, 0.25) is 10.0 Å². The van der Waals surface area contributed by atoms with Crippen molar-refractivity contribution in [1.29, 1.82) is 0 Å². The molecule has 0 aliphatic rings. The first-order valence-corrected chi connectivity index (χ1v) is 8.60. The Balaban J connectivity index is 2.21. The lowest BCUT2D eigenvalue weighted by atomic mass is 10.1. The van der Waals surface area contributed by atoms with Gasteiger partial charge in [-0.1, -0.05) is 18.2 Å². The minimum absolute atomic E-state index is 0.0202. The fraction of sp³-hybridized carbons (Fsp3) is 0.235. The van der Waals surface area contributed by atoms with E-state index in [4.69, 9.17) is 4.74 Å². The van der Waals surface area contributed by atoms with Crippen molar-refractivity contribution in [2.24, 2.45) is 0 Å². The molecule has 0 heterocycles. The van der Waals surface area contributed by atoms with Crippen LogP contribution in [0.4, 0.5) is 4.39 Å². The van der Waals surface area contributed by atoms with E-state index in [1.807, 2.05) is 0 Å². The van der Waals surface area contributed by atoms with Gasteiger partial charge in [0.15, 0.2) is 0 Å². The molecular formula is C17H18FNO4S. The molecule has 0 saturated heterocycles. The van der Waals surface area contributed by atoms with Crippen molar-refractivity contribution in [3.8, 4) is 0 Å². The number of aryl methyl sites for hydroxylation is 1. The van der Waals surface area contributed by atoms with Crippen LogP contribution in [-0.2, 0) is 21.4 Å². The summed E-state index contributed by atoms with van der Waals surface area (Å²) in [5.74, 6) is -1.00. The van der Waals surface area contributed by atoms with Crippen LogP contribution in [0.15, 0.2) is 47.4 Å². The van der Waals surface area contributed by atoms with E-state index in [2.05, 4.69) is 0 Å². The number of carbonyl (C=O) groups excluding carboxylic acids is 1. The molecule has 7 heteroatoms. The summed E-state index contributed by atoms with van der Waals surface area (Å²) in [6, 6.07) is 9.89. The predicted octanol–water partition coefficient (Wildman–Crippen LogP) is 2.74. The molecule has 0 spiro atoms. The summed E-state index contributed by atoms with van der Waals surface area (Å²) < 4.78 is 43.5. The van der Waals surface area contributed by atoms with Crippen LogP contribution < -0.4 is 0 Å². The van der Waals surface area contributed by atoms with Crippen LogP contribution in [0.25, 0.3) is 0 Å². The molecule has 0 amide bonds. The third-order valence-corrected chi connectivity index (χ3v) is 5.30. The number of esters is 1. The maximum absolute atomic E-state index is 12.9. The van der Waals surface area contributed by atoms with Crippen LogP contribution in [0.5, 0.6) is 0 Å². The van der Waals surface area contributed by atoms with Crippen molar-refractivity contribution in [2.45, 2.75) is 18.4 Å². The number of ether oxygens (including phenoxy) is 1. The summed E-state index contributed by atoms with van der Waals surface area (Å²) in [5.41, 5.74) is 1.43. The second kappa shape index (κ2) is 7.11. The van der Waals surface area contributed by atoms with E-state index in [1.165, 1.54) is 50.5 Å². The summed E-state index contributed by atoms with van der Waals surface area (Å²) in [6.45, 7) is 1.67. The van der Waals surface area contributed by atoms with Crippen LogP contribution in [0.1, 0.15) is 21.5 Å². The molecule has 2 aromatic rings. The highest BCUT2D eigenvalue weighted by atomic mass is 32.2. The van der Waals surface area contributed by atoms with Gasteiger partial charge in [-0.05, 0) is 42.3 Å². The lowest BCUT2D eigenvalue weighted by molar-refractivity contribution is 0.0471. The van der Waals surface area contributed by atoms with Gasteiger partial charge in [0.1, 0.15) is 12.4 Å². The van der Waals surface area contributed by atoms with E-state index in [9.17, 15) is 17.6 Å². The van der Waals surface area contributed by atoms with Gasteiger partial charge in [-0.2, -0.15) is 0 Å². The zero-order valence-electron chi connectivity index (χ0n) is 13.6. The minimum atomic E-state index is -3.64. The van der Waals surface area contributed by atoms with E-state index in [-0.39, 0.29) is 22.9 Å². The molecule has 0 unspecified atom stereocenters. The second-order valence-electron chi connectivity index (χ2n) is 5.47. The monoisotopic (exact) mass is 351 g/mol. The first-order valence-electron chi connectivity index (χ1n) is 7.16. The van der Waals surface area contributed by atoms with E-state index in [0.29, 0.717) is 11.1 Å². The molecule has 0 aliphatic heterocycles. The largest absolute Gasteiger partial charge is 0.457 e. The summed E-state index contributed by atoms with van der Waals surface area (Å²) in [6.07, 6.45) is 0. The maximum Gasteiger partial charge on any atom is 0.338 e.